The van der Waals surface area contributed by atoms with Gasteiger partial charge < -0.3 is 4.90 Å². The molecule has 2 saturated carbocycles. The fourth-order valence-electron chi connectivity index (χ4n) is 5.43. The van der Waals surface area contributed by atoms with Crippen molar-refractivity contribution in [1.29, 1.82) is 0 Å². The van der Waals surface area contributed by atoms with Gasteiger partial charge in [-0.1, -0.05) is 52.4 Å². The third-order valence-corrected chi connectivity index (χ3v) is 6.53. The highest BCUT2D eigenvalue weighted by atomic mass is 16.1. The quantitative estimate of drug-likeness (QED) is 0.621. The predicted molar refractivity (Wildman–Crippen MR) is 98.6 cm³/mol. The standard InChI is InChI=1S/C21H39NO/c1-21(2,16-15-19(23)17-11-7-5-8-12-17)20(22(3)4)18-13-9-6-10-14-18/h17-18,20H,5-16H2,1-4H3. The van der Waals surface area contributed by atoms with E-state index in [0.29, 0.717) is 17.7 Å². The Balaban J connectivity index is 1.92. The maximum absolute atomic E-state index is 12.6. The number of hydrogen-bond acceptors (Lipinski definition) is 2. The second kappa shape index (κ2) is 8.65. The Labute approximate surface area is 144 Å². The highest BCUT2D eigenvalue weighted by molar-refractivity contribution is 5.81. The Kier molecular flexibility index (Phi) is 7.13. The number of rotatable bonds is 7. The van der Waals surface area contributed by atoms with E-state index in [1.165, 1.54) is 51.4 Å². The van der Waals surface area contributed by atoms with Gasteiger partial charge in [-0.2, -0.15) is 0 Å². The minimum absolute atomic E-state index is 0.232. The van der Waals surface area contributed by atoms with Gasteiger partial charge in [0.15, 0.2) is 0 Å². The maximum Gasteiger partial charge on any atom is 0.135 e. The topological polar surface area (TPSA) is 20.3 Å². The van der Waals surface area contributed by atoms with E-state index in [9.17, 15) is 4.79 Å². The van der Waals surface area contributed by atoms with Gasteiger partial charge in [-0.25, -0.2) is 0 Å². The molecule has 1 unspecified atom stereocenters. The fraction of sp³-hybridized carbons (Fsp3) is 0.952. The van der Waals surface area contributed by atoms with Gasteiger partial charge in [0, 0.05) is 18.4 Å². The molecule has 0 aliphatic heterocycles. The molecule has 0 heterocycles. The average Bonchev–Trinajstić information content (AvgIpc) is 2.54. The van der Waals surface area contributed by atoms with Crippen molar-refractivity contribution < 1.29 is 4.79 Å². The molecule has 2 heteroatoms. The number of carbonyl (C=O) groups is 1. The molecule has 0 spiro atoms. The SMILES string of the molecule is CN(C)C(C1CCCCC1)C(C)(C)CCC(=O)C1CCCCC1. The van der Waals surface area contributed by atoms with Crippen molar-refractivity contribution in [3.8, 4) is 0 Å². The van der Waals surface area contributed by atoms with Crippen LogP contribution in [-0.4, -0.2) is 30.8 Å². The summed E-state index contributed by atoms with van der Waals surface area (Å²) in [5.74, 6) is 1.75. The van der Waals surface area contributed by atoms with Gasteiger partial charge in [0.25, 0.3) is 0 Å². The molecule has 0 aromatic heterocycles. The minimum atomic E-state index is 0.232. The molecule has 0 aromatic carbocycles. The van der Waals surface area contributed by atoms with Crippen LogP contribution in [0.3, 0.4) is 0 Å². The van der Waals surface area contributed by atoms with Crippen LogP contribution < -0.4 is 0 Å². The summed E-state index contributed by atoms with van der Waals surface area (Å²) in [6.07, 6.45) is 15.0. The first kappa shape index (κ1) is 19.0. The van der Waals surface area contributed by atoms with Gasteiger partial charge in [-0.15, -0.1) is 0 Å². The van der Waals surface area contributed by atoms with E-state index in [4.69, 9.17) is 0 Å². The molecular formula is C21H39NO. The average molecular weight is 322 g/mol. The van der Waals surface area contributed by atoms with Gasteiger partial charge in [-0.3, -0.25) is 4.79 Å². The number of carbonyl (C=O) groups excluding carboxylic acids is 1. The molecule has 2 aliphatic rings. The van der Waals surface area contributed by atoms with E-state index in [-0.39, 0.29) is 5.41 Å². The van der Waals surface area contributed by atoms with Crippen LogP contribution in [0.1, 0.15) is 90.9 Å². The summed E-state index contributed by atoms with van der Waals surface area (Å²) in [4.78, 5) is 15.0. The van der Waals surface area contributed by atoms with Crippen molar-refractivity contribution in [2.75, 3.05) is 14.1 Å². The summed E-state index contributed by atoms with van der Waals surface area (Å²) < 4.78 is 0. The van der Waals surface area contributed by atoms with Crippen molar-refractivity contribution >= 4 is 5.78 Å². The molecule has 1 atom stereocenters. The van der Waals surface area contributed by atoms with Gasteiger partial charge >= 0.3 is 0 Å². The molecule has 0 bridgehead atoms. The second-order valence-corrected chi connectivity index (χ2v) is 9.10. The Hall–Kier alpha value is -0.370. The highest BCUT2D eigenvalue weighted by Gasteiger charge is 2.38. The Morgan fingerprint density at radius 3 is 2.00 bits per heavy atom. The zero-order chi connectivity index (χ0) is 16.9. The molecule has 0 N–H and O–H groups in total. The van der Waals surface area contributed by atoms with Crippen molar-refractivity contribution in [2.45, 2.75) is 96.9 Å². The summed E-state index contributed by atoms with van der Waals surface area (Å²) in [7, 11) is 4.48. The number of nitrogens with zero attached hydrogens (tertiary/aromatic N) is 1. The number of hydrogen-bond donors (Lipinski definition) is 0. The zero-order valence-electron chi connectivity index (χ0n) is 16.1. The first-order valence-electron chi connectivity index (χ1n) is 10.1. The van der Waals surface area contributed by atoms with Crippen LogP contribution >= 0.6 is 0 Å². The molecule has 134 valence electrons. The van der Waals surface area contributed by atoms with E-state index < -0.39 is 0 Å². The molecule has 0 aromatic rings. The molecule has 2 fully saturated rings. The minimum Gasteiger partial charge on any atom is -0.306 e. The lowest BCUT2D eigenvalue weighted by atomic mass is 9.69. The van der Waals surface area contributed by atoms with Crippen LogP contribution in [0.25, 0.3) is 0 Å². The Morgan fingerprint density at radius 1 is 0.957 bits per heavy atom. The van der Waals surface area contributed by atoms with Crippen molar-refractivity contribution in [3.05, 3.63) is 0 Å². The summed E-state index contributed by atoms with van der Waals surface area (Å²) >= 11 is 0. The first-order valence-corrected chi connectivity index (χ1v) is 10.1. The van der Waals surface area contributed by atoms with E-state index in [1.807, 2.05) is 0 Å². The Bertz CT molecular complexity index is 362. The van der Waals surface area contributed by atoms with Crippen LogP contribution in [0.4, 0.5) is 0 Å². The fourth-order valence-corrected chi connectivity index (χ4v) is 5.43. The molecule has 0 radical (unpaired) electrons. The van der Waals surface area contributed by atoms with Crippen molar-refractivity contribution in [1.82, 2.24) is 4.90 Å². The smallest absolute Gasteiger partial charge is 0.135 e. The zero-order valence-corrected chi connectivity index (χ0v) is 16.1. The molecular weight excluding hydrogens is 282 g/mol. The maximum atomic E-state index is 12.6. The largest absolute Gasteiger partial charge is 0.306 e. The van der Waals surface area contributed by atoms with Gasteiger partial charge in [0.2, 0.25) is 0 Å². The predicted octanol–water partition coefficient (Wildman–Crippen LogP) is 5.45. The first-order chi connectivity index (χ1) is 10.9. The molecule has 23 heavy (non-hydrogen) atoms. The van der Waals surface area contributed by atoms with Crippen molar-refractivity contribution in [3.63, 3.8) is 0 Å². The lowest BCUT2D eigenvalue weighted by Crippen LogP contribution is -2.47. The van der Waals surface area contributed by atoms with Crippen LogP contribution in [0, 0.1) is 17.3 Å². The highest BCUT2D eigenvalue weighted by Crippen LogP contribution is 2.40. The number of ketones is 1. The molecule has 2 aliphatic carbocycles. The lowest BCUT2D eigenvalue weighted by Gasteiger charge is -2.45. The monoisotopic (exact) mass is 321 g/mol. The van der Waals surface area contributed by atoms with Crippen molar-refractivity contribution in [2.24, 2.45) is 17.3 Å². The van der Waals surface area contributed by atoms with E-state index in [1.54, 1.807) is 0 Å². The molecule has 0 saturated heterocycles. The second-order valence-electron chi connectivity index (χ2n) is 9.10. The van der Waals surface area contributed by atoms with Crippen LogP contribution in [0.15, 0.2) is 0 Å². The third-order valence-electron chi connectivity index (χ3n) is 6.53. The van der Waals surface area contributed by atoms with E-state index >= 15 is 0 Å². The summed E-state index contributed by atoms with van der Waals surface area (Å²) in [6.45, 7) is 4.81. The van der Waals surface area contributed by atoms with Gasteiger partial charge in [0.05, 0.1) is 0 Å². The normalized spacial score (nSPS) is 23.2. The van der Waals surface area contributed by atoms with E-state index in [0.717, 1.165) is 31.6 Å². The van der Waals surface area contributed by atoms with Gasteiger partial charge in [0.1, 0.15) is 5.78 Å². The van der Waals surface area contributed by atoms with Gasteiger partial charge in [-0.05, 0) is 57.5 Å². The number of Topliss-reactive ketones (excluding diaryl/α,β-unsaturated/α-hetero) is 1. The summed E-state index contributed by atoms with van der Waals surface area (Å²) in [5, 5.41) is 0. The lowest BCUT2D eigenvalue weighted by molar-refractivity contribution is -0.124. The van der Waals surface area contributed by atoms with Crippen LogP contribution in [0.2, 0.25) is 0 Å². The van der Waals surface area contributed by atoms with Crippen LogP contribution in [-0.2, 0) is 4.79 Å². The van der Waals surface area contributed by atoms with E-state index in [2.05, 4.69) is 32.8 Å². The Morgan fingerprint density at radius 2 is 1.48 bits per heavy atom. The van der Waals surface area contributed by atoms with Crippen LogP contribution in [0.5, 0.6) is 0 Å². The molecule has 2 rings (SSSR count). The summed E-state index contributed by atoms with van der Waals surface area (Å²) in [5.41, 5.74) is 0.232. The molecule has 0 amide bonds. The molecule has 2 nitrogen and oxygen atoms in total. The third kappa shape index (κ3) is 5.31. The summed E-state index contributed by atoms with van der Waals surface area (Å²) in [6, 6.07) is 0.613.